The van der Waals surface area contributed by atoms with Crippen LogP contribution < -0.4 is 10.6 Å². The molecule has 3 heteroatoms. The molecule has 0 rings (SSSR count). The third-order valence-corrected chi connectivity index (χ3v) is 4.17. The van der Waals surface area contributed by atoms with Crippen LogP contribution in [0.3, 0.4) is 0 Å². The van der Waals surface area contributed by atoms with Gasteiger partial charge in [0, 0.05) is 6.04 Å². The number of nitrogens with one attached hydrogen (secondary N) is 2. The van der Waals surface area contributed by atoms with Crippen LogP contribution in [-0.2, 0) is 4.79 Å². The van der Waals surface area contributed by atoms with Crippen molar-refractivity contribution in [1.29, 1.82) is 0 Å². The predicted octanol–water partition coefficient (Wildman–Crippen LogP) is 3.73. The first-order valence-electron chi connectivity index (χ1n) is 8.32. The summed E-state index contributed by atoms with van der Waals surface area (Å²) in [6.45, 7) is 15.9. The van der Waals surface area contributed by atoms with E-state index in [4.69, 9.17) is 0 Å². The van der Waals surface area contributed by atoms with Gasteiger partial charge in [-0.05, 0) is 45.6 Å². The Kier molecular flexibility index (Phi) is 9.11. The minimum absolute atomic E-state index is 0.138. The topological polar surface area (TPSA) is 41.1 Å². The lowest BCUT2D eigenvalue weighted by Gasteiger charge is -2.33. The maximum atomic E-state index is 12.5. The molecule has 2 unspecified atom stereocenters. The van der Waals surface area contributed by atoms with E-state index in [1.54, 1.807) is 0 Å². The Morgan fingerprint density at radius 1 is 1.15 bits per heavy atom. The van der Waals surface area contributed by atoms with E-state index in [1.165, 1.54) is 0 Å². The lowest BCUT2D eigenvalue weighted by atomic mass is 9.89. The van der Waals surface area contributed by atoms with Crippen molar-refractivity contribution in [1.82, 2.24) is 10.6 Å². The third-order valence-electron chi connectivity index (χ3n) is 4.17. The lowest BCUT2D eigenvalue weighted by molar-refractivity contribution is -0.128. The molecule has 0 spiro atoms. The fraction of sp³-hybridized carbons (Fsp3) is 0.941. The van der Waals surface area contributed by atoms with Gasteiger partial charge in [0.25, 0.3) is 0 Å². The summed E-state index contributed by atoms with van der Waals surface area (Å²) in [6.07, 6.45) is 4.25. The first kappa shape index (κ1) is 19.4. The zero-order valence-corrected chi connectivity index (χ0v) is 14.7. The molecule has 0 aliphatic carbocycles. The maximum absolute atomic E-state index is 12.5. The van der Waals surface area contributed by atoms with Gasteiger partial charge in [0.2, 0.25) is 5.91 Å². The van der Waals surface area contributed by atoms with Crippen LogP contribution in [0.2, 0.25) is 0 Å². The first-order chi connectivity index (χ1) is 9.26. The number of hydrogen-bond donors (Lipinski definition) is 2. The second-order valence-electron chi connectivity index (χ2n) is 6.86. The molecule has 20 heavy (non-hydrogen) atoms. The minimum atomic E-state index is -0.442. The summed E-state index contributed by atoms with van der Waals surface area (Å²) >= 11 is 0. The molecule has 120 valence electrons. The molecule has 3 nitrogen and oxygen atoms in total. The van der Waals surface area contributed by atoms with Crippen molar-refractivity contribution in [3.63, 3.8) is 0 Å². The average Bonchev–Trinajstić information content (AvgIpc) is 2.35. The highest BCUT2D eigenvalue weighted by atomic mass is 16.2. The quantitative estimate of drug-likeness (QED) is 0.642. The Hall–Kier alpha value is -0.570. The maximum Gasteiger partial charge on any atom is 0.240 e. The largest absolute Gasteiger partial charge is 0.352 e. The fourth-order valence-electron chi connectivity index (χ4n) is 2.44. The van der Waals surface area contributed by atoms with Crippen molar-refractivity contribution in [2.75, 3.05) is 6.54 Å². The number of rotatable bonds is 10. The smallest absolute Gasteiger partial charge is 0.240 e. The van der Waals surface area contributed by atoms with Gasteiger partial charge in [-0.3, -0.25) is 4.79 Å². The van der Waals surface area contributed by atoms with Gasteiger partial charge in [0.1, 0.15) is 0 Å². The monoisotopic (exact) mass is 284 g/mol. The SMILES string of the molecule is CCCCC(C)(NCC(CC)C(C)C)C(=O)NC(C)C. The van der Waals surface area contributed by atoms with E-state index in [1.807, 2.05) is 20.8 Å². The van der Waals surface area contributed by atoms with Crippen molar-refractivity contribution < 1.29 is 4.79 Å². The molecule has 0 saturated heterocycles. The highest BCUT2D eigenvalue weighted by Gasteiger charge is 2.33. The standard InChI is InChI=1S/C17H36N2O/c1-8-10-11-17(7,16(20)19-14(5)6)18-12-15(9-2)13(3)4/h13-15,18H,8-12H2,1-7H3,(H,19,20). The fourth-order valence-corrected chi connectivity index (χ4v) is 2.44. The van der Waals surface area contributed by atoms with E-state index in [-0.39, 0.29) is 11.9 Å². The number of unbranched alkanes of at least 4 members (excludes halogenated alkanes) is 1. The molecular weight excluding hydrogens is 248 g/mol. The van der Waals surface area contributed by atoms with E-state index in [0.29, 0.717) is 11.8 Å². The third kappa shape index (κ3) is 6.74. The number of amides is 1. The Morgan fingerprint density at radius 3 is 2.15 bits per heavy atom. The minimum Gasteiger partial charge on any atom is -0.352 e. The average molecular weight is 284 g/mol. The van der Waals surface area contributed by atoms with Gasteiger partial charge in [0.15, 0.2) is 0 Å². The van der Waals surface area contributed by atoms with E-state index < -0.39 is 5.54 Å². The summed E-state index contributed by atoms with van der Waals surface area (Å²) in [4.78, 5) is 12.5. The van der Waals surface area contributed by atoms with Gasteiger partial charge in [-0.1, -0.05) is 47.0 Å². The summed E-state index contributed by atoms with van der Waals surface area (Å²) in [5.41, 5.74) is -0.442. The second-order valence-corrected chi connectivity index (χ2v) is 6.86. The normalized spacial score (nSPS) is 16.2. The van der Waals surface area contributed by atoms with E-state index in [9.17, 15) is 4.79 Å². The molecule has 2 N–H and O–H groups in total. The first-order valence-corrected chi connectivity index (χ1v) is 8.32. The molecule has 0 aliphatic rings. The summed E-state index contributed by atoms with van der Waals surface area (Å²) in [7, 11) is 0. The Balaban J connectivity index is 4.72. The highest BCUT2D eigenvalue weighted by molar-refractivity contribution is 5.86. The van der Waals surface area contributed by atoms with Crippen LogP contribution in [0.4, 0.5) is 0 Å². The molecule has 2 atom stereocenters. The van der Waals surface area contributed by atoms with Crippen molar-refractivity contribution in [3.05, 3.63) is 0 Å². The van der Waals surface area contributed by atoms with Crippen LogP contribution in [0.25, 0.3) is 0 Å². The van der Waals surface area contributed by atoms with Crippen molar-refractivity contribution >= 4 is 5.91 Å². The van der Waals surface area contributed by atoms with Gasteiger partial charge in [-0.25, -0.2) is 0 Å². The summed E-state index contributed by atoms with van der Waals surface area (Å²) < 4.78 is 0. The van der Waals surface area contributed by atoms with Crippen LogP contribution in [0.5, 0.6) is 0 Å². The summed E-state index contributed by atoms with van der Waals surface area (Å²) in [5, 5.41) is 6.62. The van der Waals surface area contributed by atoms with Crippen LogP contribution in [-0.4, -0.2) is 24.0 Å². The number of hydrogen-bond acceptors (Lipinski definition) is 2. The zero-order chi connectivity index (χ0) is 15.8. The molecule has 0 radical (unpaired) electrons. The van der Waals surface area contributed by atoms with Crippen molar-refractivity contribution in [2.45, 2.75) is 85.7 Å². The molecule has 0 aliphatic heterocycles. The molecule has 1 amide bonds. The van der Waals surface area contributed by atoms with E-state index in [0.717, 1.165) is 32.2 Å². The van der Waals surface area contributed by atoms with Gasteiger partial charge in [-0.2, -0.15) is 0 Å². The lowest BCUT2D eigenvalue weighted by Crippen LogP contribution is -2.57. The Bertz CT molecular complexity index is 276. The van der Waals surface area contributed by atoms with Gasteiger partial charge in [-0.15, -0.1) is 0 Å². The van der Waals surface area contributed by atoms with E-state index in [2.05, 4.69) is 38.3 Å². The molecule has 0 aromatic rings. The van der Waals surface area contributed by atoms with Crippen molar-refractivity contribution in [2.24, 2.45) is 11.8 Å². The van der Waals surface area contributed by atoms with Gasteiger partial charge < -0.3 is 10.6 Å². The van der Waals surface area contributed by atoms with Crippen LogP contribution in [0, 0.1) is 11.8 Å². The Morgan fingerprint density at radius 2 is 1.75 bits per heavy atom. The number of carbonyl (C=O) groups is 1. The highest BCUT2D eigenvalue weighted by Crippen LogP contribution is 2.19. The second kappa shape index (κ2) is 9.38. The molecule has 0 bridgehead atoms. The molecule has 0 saturated carbocycles. The van der Waals surface area contributed by atoms with Crippen molar-refractivity contribution in [3.8, 4) is 0 Å². The van der Waals surface area contributed by atoms with Crippen LogP contribution >= 0.6 is 0 Å². The zero-order valence-electron chi connectivity index (χ0n) is 14.7. The predicted molar refractivity (Wildman–Crippen MR) is 87.8 cm³/mol. The molecular formula is C17H36N2O. The van der Waals surface area contributed by atoms with Crippen LogP contribution in [0.1, 0.15) is 74.1 Å². The Labute approximate surface area is 126 Å². The molecule has 0 aromatic heterocycles. The number of carbonyl (C=O) groups excluding carboxylic acids is 1. The van der Waals surface area contributed by atoms with E-state index >= 15 is 0 Å². The molecule has 0 heterocycles. The van der Waals surface area contributed by atoms with Gasteiger partial charge in [0.05, 0.1) is 5.54 Å². The molecule has 0 fully saturated rings. The summed E-state index contributed by atoms with van der Waals surface area (Å²) in [6, 6.07) is 0.192. The van der Waals surface area contributed by atoms with Crippen LogP contribution in [0.15, 0.2) is 0 Å². The van der Waals surface area contributed by atoms with Gasteiger partial charge >= 0.3 is 0 Å². The summed E-state index contributed by atoms with van der Waals surface area (Å²) in [5.74, 6) is 1.42. The molecule has 0 aromatic carbocycles.